The Morgan fingerprint density at radius 2 is 1.80 bits per heavy atom. The van der Waals surface area contributed by atoms with Crippen molar-refractivity contribution in [2.75, 3.05) is 55.5 Å². The predicted molar refractivity (Wildman–Crippen MR) is 150 cm³/mol. The number of halogens is 3. The van der Waals surface area contributed by atoms with Gasteiger partial charge in [0.2, 0.25) is 15.9 Å². The molecule has 1 aliphatic rings. The fourth-order valence-electron chi connectivity index (χ4n) is 4.26. The molecule has 3 aromatic rings. The van der Waals surface area contributed by atoms with Gasteiger partial charge in [0.25, 0.3) is 5.88 Å². The van der Waals surface area contributed by atoms with E-state index in [1.165, 1.54) is 13.1 Å². The van der Waals surface area contributed by atoms with Crippen LogP contribution in [0.2, 0.25) is 5.02 Å². The summed E-state index contributed by atoms with van der Waals surface area (Å²) < 4.78 is 61.7. The summed E-state index contributed by atoms with van der Waals surface area (Å²) in [6, 6.07) is 8.25. The Labute approximate surface area is 241 Å². The normalized spacial score (nSPS) is 15.0. The van der Waals surface area contributed by atoms with Crippen molar-refractivity contribution in [3.05, 3.63) is 64.8 Å². The van der Waals surface area contributed by atoms with Gasteiger partial charge in [-0.15, -0.1) is 0 Å². The molecule has 1 amide bonds. The van der Waals surface area contributed by atoms with Crippen LogP contribution in [0.25, 0.3) is 11.3 Å². The molecule has 11 nitrogen and oxygen atoms in total. The maximum atomic E-state index is 14.3. The smallest absolute Gasteiger partial charge is 0.258 e. The van der Waals surface area contributed by atoms with E-state index in [2.05, 4.69) is 14.7 Å². The van der Waals surface area contributed by atoms with Gasteiger partial charge in [-0.3, -0.25) is 14.4 Å². The first-order valence-corrected chi connectivity index (χ1v) is 14.6. The maximum absolute atomic E-state index is 14.3. The number of aliphatic hydroxyl groups excluding tert-OH is 1. The van der Waals surface area contributed by atoms with E-state index in [0.29, 0.717) is 49.7 Å². The van der Waals surface area contributed by atoms with Crippen molar-refractivity contribution in [2.24, 2.45) is 0 Å². The number of anilines is 2. The molecule has 2 aromatic carbocycles. The number of carbonyl (C=O) groups is 1. The van der Waals surface area contributed by atoms with Gasteiger partial charge < -0.3 is 20.5 Å². The van der Waals surface area contributed by atoms with E-state index in [0.717, 1.165) is 12.1 Å². The van der Waals surface area contributed by atoms with Gasteiger partial charge in [-0.05, 0) is 31.2 Å². The Morgan fingerprint density at radius 3 is 2.46 bits per heavy atom. The standard InChI is InChI=1S/C26H29ClF2N6O5S/c1-16(23-19(28)6-7-20(29)24(23)27)40-26-25(30)31-14-21(32-26)17-2-4-18(5-3-17)33-41(38,39)13-12-34-8-10-35(11-9-34)22(37)15-36/h2-7,14,16,33,36H,8-13,15H2,1H3,(H2,30,31). The van der Waals surface area contributed by atoms with Crippen molar-refractivity contribution >= 4 is 39.0 Å². The van der Waals surface area contributed by atoms with Gasteiger partial charge in [0.1, 0.15) is 24.3 Å². The number of nitrogens with one attached hydrogen (secondary N) is 1. The van der Waals surface area contributed by atoms with Crippen LogP contribution < -0.4 is 15.2 Å². The number of amides is 1. The molecule has 15 heteroatoms. The van der Waals surface area contributed by atoms with E-state index >= 15 is 0 Å². The van der Waals surface area contributed by atoms with E-state index < -0.39 is 39.4 Å². The van der Waals surface area contributed by atoms with Crippen LogP contribution in [0.15, 0.2) is 42.6 Å². The number of carbonyl (C=O) groups excluding carboxylic acids is 1. The van der Waals surface area contributed by atoms with Gasteiger partial charge in [-0.25, -0.2) is 27.2 Å². The number of nitrogens with zero attached hydrogens (tertiary/aromatic N) is 4. The van der Waals surface area contributed by atoms with Crippen LogP contribution >= 0.6 is 11.6 Å². The molecule has 0 aliphatic carbocycles. The van der Waals surface area contributed by atoms with Crippen LogP contribution in [0.5, 0.6) is 5.88 Å². The van der Waals surface area contributed by atoms with Gasteiger partial charge >= 0.3 is 0 Å². The molecular formula is C26H29ClF2N6O5S. The summed E-state index contributed by atoms with van der Waals surface area (Å²) in [5.74, 6) is -2.20. The fraction of sp³-hybridized carbons (Fsp3) is 0.346. The minimum Gasteiger partial charge on any atom is -0.467 e. The second-order valence-electron chi connectivity index (χ2n) is 9.34. The molecule has 1 aromatic heterocycles. The van der Waals surface area contributed by atoms with Crippen molar-refractivity contribution < 1.29 is 31.8 Å². The highest BCUT2D eigenvalue weighted by atomic mass is 35.5. The summed E-state index contributed by atoms with van der Waals surface area (Å²) in [5, 5.41) is 8.56. The minimum absolute atomic E-state index is 0.0701. The number of piperazine rings is 1. The number of aromatic nitrogens is 2. The number of sulfonamides is 1. The Morgan fingerprint density at radius 1 is 1.15 bits per heavy atom. The Bertz CT molecular complexity index is 1500. The highest BCUT2D eigenvalue weighted by molar-refractivity contribution is 7.92. The van der Waals surface area contributed by atoms with Crippen molar-refractivity contribution in [1.29, 1.82) is 0 Å². The zero-order valence-electron chi connectivity index (χ0n) is 22.1. The summed E-state index contributed by atoms with van der Waals surface area (Å²) >= 11 is 5.93. The molecule has 2 heterocycles. The molecule has 0 radical (unpaired) electrons. The van der Waals surface area contributed by atoms with Crippen LogP contribution in [-0.2, 0) is 14.8 Å². The average Bonchev–Trinajstić information content (AvgIpc) is 2.95. The summed E-state index contributed by atoms with van der Waals surface area (Å²) in [4.78, 5) is 23.5. The first-order valence-electron chi connectivity index (χ1n) is 12.6. The van der Waals surface area contributed by atoms with E-state index in [1.807, 2.05) is 4.90 Å². The van der Waals surface area contributed by atoms with Crippen molar-refractivity contribution in [2.45, 2.75) is 13.0 Å². The highest BCUT2D eigenvalue weighted by Crippen LogP contribution is 2.33. The number of hydrogen-bond acceptors (Lipinski definition) is 9. The van der Waals surface area contributed by atoms with Crippen molar-refractivity contribution in [3.63, 3.8) is 0 Å². The lowest BCUT2D eigenvalue weighted by molar-refractivity contribution is -0.135. The molecule has 220 valence electrons. The van der Waals surface area contributed by atoms with Crippen molar-refractivity contribution in [3.8, 4) is 17.1 Å². The van der Waals surface area contributed by atoms with E-state index in [9.17, 15) is 22.0 Å². The second kappa shape index (κ2) is 12.9. The molecule has 1 aliphatic heterocycles. The molecule has 1 unspecified atom stereocenters. The van der Waals surface area contributed by atoms with Crippen LogP contribution in [-0.4, -0.2) is 84.3 Å². The van der Waals surface area contributed by atoms with Gasteiger partial charge in [0.05, 0.1) is 22.7 Å². The molecule has 0 bridgehead atoms. The fourth-order valence-corrected chi connectivity index (χ4v) is 5.66. The zero-order chi connectivity index (χ0) is 29.7. The maximum Gasteiger partial charge on any atom is 0.258 e. The Hall–Kier alpha value is -3.59. The summed E-state index contributed by atoms with van der Waals surface area (Å²) in [6.07, 6.45) is 0.365. The molecule has 0 saturated carbocycles. The second-order valence-corrected chi connectivity index (χ2v) is 11.6. The molecule has 0 spiro atoms. The van der Waals surface area contributed by atoms with Crippen LogP contribution in [0.4, 0.5) is 20.3 Å². The Balaban J connectivity index is 1.38. The molecule has 4 N–H and O–H groups in total. The highest BCUT2D eigenvalue weighted by Gasteiger charge is 2.23. The molecule has 1 atom stereocenters. The number of ether oxygens (including phenoxy) is 1. The largest absolute Gasteiger partial charge is 0.467 e. The van der Waals surface area contributed by atoms with Gasteiger partial charge in [-0.1, -0.05) is 23.7 Å². The zero-order valence-corrected chi connectivity index (χ0v) is 23.6. The lowest BCUT2D eigenvalue weighted by atomic mass is 10.1. The lowest BCUT2D eigenvalue weighted by Gasteiger charge is -2.34. The van der Waals surface area contributed by atoms with Crippen LogP contribution in [0.1, 0.15) is 18.6 Å². The quantitative estimate of drug-likeness (QED) is 0.294. The molecule has 1 saturated heterocycles. The van der Waals surface area contributed by atoms with E-state index in [4.69, 9.17) is 27.2 Å². The molecule has 1 fully saturated rings. The lowest BCUT2D eigenvalue weighted by Crippen LogP contribution is -2.50. The molecule has 41 heavy (non-hydrogen) atoms. The number of hydrogen-bond donors (Lipinski definition) is 3. The van der Waals surface area contributed by atoms with Crippen LogP contribution in [0.3, 0.4) is 0 Å². The van der Waals surface area contributed by atoms with Crippen molar-refractivity contribution in [1.82, 2.24) is 19.8 Å². The SMILES string of the molecule is CC(Oc1nc(-c2ccc(NS(=O)(=O)CCN3CCN(C(=O)CO)CC3)cc2)cnc1N)c1c(F)ccc(F)c1Cl. The number of aliphatic hydroxyl groups is 1. The topological polar surface area (TPSA) is 151 Å². The monoisotopic (exact) mass is 610 g/mol. The number of rotatable bonds is 10. The van der Waals surface area contributed by atoms with E-state index in [1.54, 1.807) is 29.2 Å². The number of nitrogen functional groups attached to an aromatic ring is 1. The number of benzene rings is 2. The number of nitrogens with two attached hydrogens (primary N) is 1. The first-order chi connectivity index (χ1) is 19.5. The average molecular weight is 611 g/mol. The van der Waals surface area contributed by atoms with Gasteiger partial charge in [-0.2, -0.15) is 0 Å². The first kappa shape index (κ1) is 30.4. The third kappa shape index (κ3) is 7.58. The van der Waals surface area contributed by atoms with Gasteiger partial charge in [0.15, 0.2) is 5.82 Å². The predicted octanol–water partition coefficient (Wildman–Crippen LogP) is 2.68. The molecular weight excluding hydrogens is 582 g/mol. The summed E-state index contributed by atoms with van der Waals surface area (Å²) in [6.45, 7) is 3.13. The van der Waals surface area contributed by atoms with Gasteiger partial charge in [0, 0.05) is 49.5 Å². The third-order valence-electron chi connectivity index (χ3n) is 6.53. The van der Waals surface area contributed by atoms with E-state index in [-0.39, 0.29) is 28.9 Å². The Kier molecular flexibility index (Phi) is 9.58. The summed E-state index contributed by atoms with van der Waals surface area (Å²) in [5.41, 5.74) is 6.97. The minimum atomic E-state index is -3.65. The van der Waals surface area contributed by atoms with Crippen LogP contribution in [0, 0.1) is 11.6 Å². The molecule has 4 rings (SSSR count). The third-order valence-corrected chi connectivity index (χ3v) is 8.18. The summed E-state index contributed by atoms with van der Waals surface area (Å²) in [7, 11) is -3.65.